The highest BCUT2D eigenvalue weighted by Crippen LogP contribution is 2.49. The molecule has 0 bridgehead atoms. The SMILES string of the molecule is Cc1nnc(C(CC(C)C)NC(=O)C2(c3ccccc3F)CC2)o1. The molecule has 1 saturated carbocycles. The van der Waals surface area contributed by atoms with Crippen LogP contribution in [-0.2, 0) is 10.2 Å². The molecule has 1 amide bonds. The number of carbonyl (C=O) groups is 1. The second kappa shape index (κ2) is 6.34. The predicted molar refractivity (Wildman–Crippen MR) is 86.7 cm³/mol. The number of aromatic nitrogens is 2. The fourth-order valence-electron chi connectivity index (χ4n) is 3.03. The molecule has 128 valence electrons. The molecule has 0 spiro atoms. The number of nitrogens with one attached hydrogen (secondary N) is 1. The lowest BCUT2D eigenvalue weighted by molar-refractivity contribution is -0.124. The van der Waals surface area contributed by atoms with Crippen molar-refractivity contribution in [3.05, 3.63) is 47.4 Å². The molecular formula is C18H22FN3O2. The maximum Gasteiger partial charge on any atom is 0.238 e. The third-order valence-electron chi connectivity index (χ3n) is 4.43. The van der Waals surface area contributed by atoms with Crippen molar-refractivity contribution in [3.8, 4) is 0 Å². The van der Waals surface area contributed by atoms with Crippen LogP contribution in [0, 0.1) is 18.7 Å². The summed E-state index contributed by atoms with van der Waals surface area (Å²) in [6.07, 6.45) is 1.98. The Morgan fingerprint density at radius 2 is 2.04 bits per heavy atom. The third kappa shape index (κ3) is 3.18. The first kappa shape index (κ1) is 16.6. The van der Waals surface area contributed by atoms with Crippen molar-refractivity contribution in [2.75, 3.05) is 0 Å². The van der Waals surface area contributed by atoms with Gasteiger partial charge in [-0.3, -0.25) is 4.79 Å². The van der Waals surface area contributed by atoms with E-state index in [1.54, 1.807) is 25.1 Å². The second-order valence-electron chi connectivity index (χ2n) is 6.88. The summed E-state index contributed by atoms with van der Waals surface area (Å²) in [5.74, 6) is 0.696. The minimum absolute atomic E-state index is 0.172. The Morgan fingerprint density at radius 1 is 1.33 bits per heavy atom. The normalized spacial score (nSPS) is 16.9. The van der Waals surface area contributed by atoms with E-state index in [0.717, 1.165) is 0 Å². The molecule has 1 heterocycles. The zero-order valence-corrected chi connectivity index (χ0v) is 14.2. The lowest BCUT2D eigenvalue weighted by Crippen LogP contribution is -2.38. The Hall–Kier alpha value is -2.24. The summed E-state index contributed by atoms with van der Waals surface area (Å²) < 4.78 is 19.6. The van der Waals surface area contributed by atoms with Gasteiger partial charge in [0.25, 0.3) is 0 Å². The van der Waals surface area contributed by atoms with Crippen molar-refractivity contribution in [2.45, 2.75) is 51.5 Å². The van der Waals surface area contributed by atoms with Gasteiger partial charge in [-0.1, -0.05) is 32.0 Å². The van der Waals surface area contributed by atoms with E-state index in [1.165, 1.54) is 6.07 Å². The van der Waals surface area contributed by atoms with Gasteiger partial charge in [-0.05, 0) is 31.2 Å². The van der Waals surface area contributed by atoms with Gasteiger partial charge < -0.3 is 9.73 Å². The van der Waals surface area contributed by atoms with Crippen LogP contribution in [0.25, 0.3) is 0 Å². The molecule has 1 unspecified atom stereocenters. The maximum atomic E-state index is 14.1. The van der Waals surface area contributed by atoms with Crippen LogP contribution in [0.5, 0.6) is 0 Å². The first-order valence-corrected chi connectivity index (χ1v) is 8.28. The molecule has 5 nitrogen and oxygen atoms in total. The number of amides is 1. The number of rotatable bonds is 6. The molecule has 0 saturated heterocycles. The summed E-state index contributed by atoms with van der Waals surface area (Å²) in [4.78, 5) is 12.9. The number of carbonyl (C=O) groups excluding carboxylic acids is 1. The van der Waals surface area contributed by atoms with Crippen molar-refractivity contribution < 1.29 is 13.6 Å². The fourth-order valence-corrected chi connectivity index (χ4v) is 3.03. The van der Waals surface area contributed by atoms with Crippen LogP contribution in [-0.4, -0.2) is 16.1 Å². The Balaban J connectivity index is 1.82. The van der Waals surface area contributed by atoms with E-state index in [-0.39, 0.29) is 17.8 Å². The van der Waals surface area contributed by atoms with E-state index >= 15 is 0 Å². The summed E-state index contributed by atoms with van der Waals surface area (Å²) in [7, 11) is 0. The van der Waals surface area contributed by atoms with Crippen LogP contribution < -0.4 is 5.32 Å². The van der Waals surface area contributed by atoms with Crippen molar-refractivity contribution in [1.82, 2.24) is 15.5 Å². The van der Waals surface area contributed by atoms with Gasteiger partial charge in [0.1, 0.15) is 11.9 Å². The summed E-state index contributed by atoms with van der Waals surface area (Å²) in [6.45, 7) is 5.84. The first-order valence-electron chi connectivity index (χ1n) is 8.28. The van der Waals surface area contributed by atoms with Crippen LogP contribution in [0.1, 0.15) is 56.5 Å². The summed E-state index contributed by atoms with van der Waals surface area (Å²) in [5.41, 5.74) is -0.303. The molecule has 24 heavy (non-hydrogen) atoms. The highest BCUT2D eigenvalue weighted by atomic mass is 19.1. The van der Waals surface area contributed by atoms with Crippen LogP contribution in [0.3, 0.4) is 0 Å². The van der Waals surface area contributed by atoms with Crippen molar-refractivity contribution in [2.24, 2.45) is 5.92 Å². The van der Waals surface area contributed by atoms with Gasteiger partial charge in [-0.2, -0.15) is 0 Å². The smallest absolute Gasteiger partial charge is 0.238 e. The molecule has 1 aliphatic rings. The van der Waals surface area contributed by atoms with Gasteiger partial charge >= 0.3 is 0 Å². The predicted octanol–water partition coefficient (Wildman–Crippen LogP) is 3.45. The minimum Gasteiger partial charge on any atom is -0.423 e. The summed E-state index contributed by atoms with van der Waals surface area (Å²) in [6, 6.07) is 6.13. The average molecular weight is 331 g/mol. The van der Waals surface area contributed by atoms with E-state index < -0.39 is 5.41 Å². The fraction of sp³-hybridized carbons (Fsp3) is 0.500. The molecule has 1 aromatic heterocycles. The van der Waals surface area contributed by atoms with E-state index in [9.17, 15) is 9.18 Å². The topological polar surface area (TPSA) is 68.0 Å². The molecule has 0 aliphatic heterocycles. The molecule has 1 N–H and O–H groups in total. The Bertz CT molecular complexity index is 737. The Kier molecular flexibility index (Phi) is 4.39. The number of aryl methyl sites for hydroxylation is 1. The summed E-state index contributed by atoms with van der Waals surface area (Å²) >= 11 is 0. The average Bonchev–Trinajstić information content (AvgIpc) is 3.22. The highest BCUT2D eigenvalue weighted by molar-refractivity contribution is 5.91. The first-order chi connectivity index (χ1) is 11.4. The number of nitrogens with zero attached hydrogens (tertiary/aromatic N) is 2. The van der Waals surface area contributed by atoms with Crippen molar-refractivity contribution >= 4 is 5.91 Å². The summed E-state index contributed by atoms with van der Waals surface area (Å²) in [5, 5.41) is 10.9. The number of hydrogen-bond donors (Lipinski definition) is 1. The van der Waals surface area contributed by atoms with Gasteiger partial charge in [0.2, 0.25) is 17.7 Å². The quantitative estimate of drug-likeness (QED) is 0.880. The zero-order valence-electron chi connectivity index (χ0n) is 14.2. The standard InChI is InChI=1S/C18H22FN3O2/c1-11(2)10-15(16-22-21-12(3)24-16)20-17(23)18(8-9-18)13-6-4-5-7-14(13)19/h4-7,11,15H,8-10H2,1-3H3,(H,20,23). The van der Waals surface area contributed by atoms with Gasteiger partial charge in [0.05, 0.1) is 5.41 Å². The van der Waals surface area contributed by atoms with E-state index in [2.05, 4.69) is 29.4 Å². The van der Waals surface area contributed by atoms with Crippen LogP contribution in [0.4, 0.5) is 4.39 Å². The molecule has 6 heteroatoms. The molecule has 1 aliphatic carbocycles. The lowest BCUT2D eigenvalue weighted by atomic mass is 9.93. The monoisotopic (exact) mass is 331 g/mol. The molecule has 1 aromatic carbocycles. The Morgan fingerprint density at radius 3 is 2.58 bits per heavy atom. The van der Waals surface area contributed by atoms with Gasteiger partial charge in [0, 0.05) is 12.5 Å². The number of hydrogen-bond acceptors (Lipinski definition) is 4. The van der Waals surface area contributed by atoms with E-state index in [0.29, 0.717) is 42.5 Å². The van der Waals surface area contributed by atoms with Gasteiger partial charge in [-0.25, -0.2) is 4.39 Å². The Labute approximate surface area is 140 Å². The lowest BCUT2D eigenvalue weighted by Gasteiger charge is -2.22. The van der Waals surface area contributed by atoms with E-state index in [1.807, 2.05) is 0 Å². The van der Waals surface area contributed by atoms with Crippen LogP contribution in [0.2, 0.25) is 0 Å². The molecule has 1 atom stereocenters. The highest BCUT2D eigenvalue weighted by Gasteiger charge is 2.53. The maximum absolute atomic E-state index is 14.1. The number of halogens is 1. The van der Waals surface area contributed by atoms with Gasteiger partial charge in [0.15, 0.2) is 0 Å². The molecule has 0 radical (unpaired) electrons. The van der Waals surface area contributed by atoms with E-state index in [4.69, 9.17) is 4.42 Å². The van der Waals surface area contributed by atoms with Crippen molar-refractivity contribution in [3.63, 3.8) is 0 Å². The third-order valence-corrected chi connectivity index (χ3v) is 4.43. The van der Waals surface area contributed by atoms with Crippen LogP contribution in [0.15, 0.2) is 28.7 Å². The molecule has 1 fully saturated rings. The number of benzene rings is 1. The molecule has 2 aromatic rings. The van der Waals surface area contributed by atoms with Gasteiger partial charge in [-0.15, -0.1) is 10.2 Å². The molecular weight excluding hydrogens is 309 g/mol. The minimum atomic E-state index is -0.768. The largest absolute Gasteiger partial charge is 0.423 e. The van der Waals surface area contributed by atoms with Crippen LogP contribution >= 0.6 is 0 Å². The van der Waals surface area contributed by atoms with Crippen molar-refractivity contribution in [1.29, 1.82) is 0 Å². The second-order valence-corrected chi connectivity index (χ2v) is 6.88. The zero-order chi connectivity index (χ0) is 17.3. The molecule has 3 rings (SSSR count).